The zero-order valence-corrected chi connectivity index (χ0v) is 9.21. The predicted octanol–water partition coefficient (Wildman–Crippen LogP) is 0.222. The number of nitrogens with one attached hydrogen (secondary N) is 1. The summed E-state index contributed by atoms with van der Waals surface area (Å²) in [6, 6.07) is 0. The lowest BCUT2D eigenvalue weighted by Crippen LogP contribution is -2.37. The number of aryl methyl sites for hydroxylation is 1. The lowest BCUT2D eigenvalue weighted by molar-refractivity contribution is 0.101. The summed E-state index contributed by atoms with van der Waals surface area (Å²) in [6.45, 7) is 5.53. The SMILES string of the molecule is CCCn1cc(C(C)=O)c2c1=CNCC=2. The second-order valence-corrected chi connectivity index (χ2v) is 3.85. The van der Waals surface area contributed by atoms with Crippen LogP contribution in [0.15, 0.2) is 6.20 Å². The highest BCUT2D eigenvalue weighted by atomic mass is 16.1. The van der Waals surface area contributed by atoms with Crippen LogP contribution in [0.5, 0.6) is 0 Å². The van der Waals surface area contributed by atoms with Crippen LogP contribution in [0.3, 0.4) is 0 Å². The molecule has 1 aliphatic rings. The van der Waals surface area contributed by atoms with Crippen molar-refractivity contribution in [3.63, 3.8) is 0 Å². The van der Waals surface area contributed by atoms with Crippen LogP contribution in [0.2, 0.25) is 0 Å². The molecule has 1 aliphatic heterocycles. The van der Waals surface area contributed by atoms with E-state index in [0.717, 1.165) is 35.6 Å². The third-order valence-corrected chi connectivity index (χ3v) is 2.67. The Morgan fingerprint density at radius 1 is 1.60 bits per heavy atom. The molecule has 2 rings (SSSR count). The quantitative estimate of drug-likeness (QED) is 0.715. The first-order valence-electron chi connectivity index (χ1n) is 5.38. The number of Topliss-reactive ketones (excluding diaryl/α,β-unsaturated/α-hetero) is 1. The highest BCUT2D eigenvalue weighted by molar-refractivity contribution is 5.94. The summed E-state index contributed by atoms with van der Waals surface area (Å²) in [5.41, 5.74) is 0.844. The van der Waals surface area contributed by atoms with E-state index >= 15 is 0 Å². The third kappa shape index (κ3) is 1.69. The van der Waals surface area contributed by atoms with Crippen molar-refractivity contribution in [1.82, 2.24) is 9.88 Å². The van der Waals surface area contributed by atoms with Gasteiger partial charge in [-0.05, 0) is 13.3 Å². The van der Waals surface area contributed by atoms with Gasteiger partial charge >= 0.3 is 0 Å². The molecule has 0 bridgehead atoms. The van der Waals surface area contributed by atoms with Gasteiger partial charge in [0.25, 0.3) is 0 Å². The van der Waals surface area contributed by atoms with E-state index < -0.39 is 0 Å². The molecular formula is C12H16N2O. The number of ketones is 1. The Morgan fingerprint density at radius 2 is 2.40 bits per heavy atom. The Labute approximate surface area is 89.1 Å². The molecule has 0 fully saturated rings. The van der Waals surface area contributed by atoms with Crippen LogP contribution in [0, 0.1) is 0 Å². The van der Waals surface area contributed by atoms with Crippen molar-refractivity contribution in [2.45, 2.75) is 26.8 Å². The molecule has 1 N–H and O–H groups in total. The van der Waals surface area contributed by atoms with Gasteiger partial charge in [0.1, 0.15) is 0 Å². The lowest BCUT2D eigenvalue weighted by atomic mass is 10.2. The van der Waals surface area contributed by atoms with Crippen molar-refractivity contribution in [1.29, 1.82) is 0 Å². The van der Waals surface area contributed by atoms with Crippen LogP contribution in [0.1, 0.15) is 30.6 Å². The number of nitrogens with zero attached hydrogens (tertiary/aromatic N) is 1. The number of fused-ring (bicyclic) bond motifs is 1. The summed E-state index contributed by atoms with van der Waals surface area (Å²) in [5, 5.41) is 5.40. The fourth-order valence-corrected chi connectivity index (χ4v) is 1.99. The fourth-order valence-electron chi connectivity index (χ4n) is 1.99. The van der Waals surface area contributed by atoms with Crippen LogP contribution < -0.4 is 15.9 Å². The van der Waals surface area contributed by atoms with Crippen molar-refractivity contribution in [2.75, 3.05) is 6.54 Å². The number of carbonyl (C=O) groups excluding carboxylic acids is 1. The van der Waals surface area contributed by atoms with Crippen LogP contribution in [-0.2, 0) is 6.54 Å². The number of rotatable bonds is 3. The molecule has 0 saturated carbocycles. The van der Waals surface area contributed by atoms with Gasteiger partial charge < -0.3 is 9.88 Å². The molecule has 0 radical (unpaired) electrons. The Bertz CT molecular complexity index is 496. The van der Waals surface area contributed by atoms with Crippen molar-refractivity contribution in [2.24, 2.45) is 0 Å². The summed E-state index contributed by atoms with van der Waals surface area (Å²) in [6.07, 6.45) is 7.12. The second-order valence-electron chi connectivity index (χ2n) is 3.85. The largest absolute Gasteiger partial charge is 0.386 e. The maximum absolute atomic E-state index is 11.5. The predicted molar refractivity (Wildman–Crippen MR) is 60.9 cm³/mol. The van der Waals surface area contributed by atoms with Gasteiger partial charge in [-0.25, -0.2) is 0 Å². The smallest absolute Gasteiger partial charge is 0.161 e. The number of hydrogen-bond acceptors (Lipinski definition) is 2. The lowest BCUT2D eigenvalue weighted by Gasteiger charge is -2.03. The average molecular weight is 204 g/mol. The van der Waals surface area contributed by atoms with Gasteiger partial charge in [0, 0.05) is 36.3 Å². The molecule has 0 aromatic carbocycles. The first-order chi connectivity index (χ1) is 7.24. The van der Waals surface area contributed by atoms with Gasteiger partial charge in [0.05, 0.1) is 5.35 Å². The molecule has 0 atom stereocenters. The first-order valence-corrected chi connectivity index (χ1v) is 5.38. The zero-order valence-electron chi connectivity index (χ0n) is 9.21. The molecule has 0 spiro atoms. The minimum absolute atomic E-state index is 0.146. The Kier molecular flexibility index (Phi) is 2.62. The van der Waals surface area contributed by atoms with Gasteiger partial charge in [-0.2, -0.15) is 0 Å². The van der Waals surface area contributed by atoms with E-state index in [-0.39, 0.29) is 5.78 Å². The molecule has 15 heavy (non-hydrogen) atoms. The number of carbonyl (C=O) groups is 1. The third-order valence-electron chi connectivity index (χ3n) is 2.67. The van der Waals surface area contributed by atoms with Crippen molar-refractivity contribution < 1.29 is 4.79 Å². The summed E-state index contributed by atoms with van der Waals surface area (Å²) >= 11 is 0. The van der Waals surface area contributed by atoms with Crippen LogP contribution in [-0.4, -0.2) is 16.9 Å². The van der Waals surface area contributed by atoms with E-state index in [1.807, 2.05) is 12.4 Å². The summed E-state index contributed by atoms with van der Waals surface area (Å²) in [7, 11) is 0. The fraction of sp³-hybridized carbons (Fsp3) is 0.417. The maximum atomic E-state index is 11.5. The minimum atomic E-state index is 0.146. The minimum Gasteiger partial charge on any atom is -0.386 e. The van der Waals surface area contributed by atoms with Crippen LogP contribution >= 0.6 is 0 Å². The Balaban J connectivity index is 2.66. The maximum Gasteiger partial charge on any atom is 0.161 e. The van der Waals surface area contributed by atoms with Gasteiger partial charge in [-0.1, -0.05) is 13.0 Å². The topological polar surface area (TPSA) is 34.0 Å². The standard InChI is InChI=1S/C12H16N2O/c1-3-6-14-8-11(9(2)15)10-4-5-13-7-12(10)14/h4,7-8,13H,3,5-6H2,1-2H3. The van der Waals surface area contributed by atoms with E-state index in [1.54, 1.807) is 6.92 Å². The first kappa shape index (κ1) is 10.0. The van der Waals surface area contributed by atoms with E-state index in [2.05, 4.69) is 22.9 Å². The van der Waals surface area contributed by atoms with Crippen molar-refractivity contribution in [3.05, 3.63) is 22.3 Å². The molecule has 3 heteroatoms. The highest BCUT2D eigenvalue weighted by Gasteiger charge is 2.09. The monoisotopic (exact) mass is 204 g/mol. The van der Waals surface area contributed by atoms with Crippen LogP contribution in [0.25, 0.3) is 12.3 Å². The Hall–Kier alpha value is -1.51. The second kappa shape index (κ2) is 3.93. The average Bonchev–Trinajstić information content (AvgIpc) is 2.59. The normalized spacial score (nSPS) is 13.5. The van der Waals surface area contributed by atoms with Crippen molar-refractivity contribution in [3.8, 4) is 0 Å². The van der Waals surface area contributed by atoms with Gasteiger partial charge in [0.2, 0.25) is 0 Å². The van der Waals surface area contributed by atoms with E-state index in [0.29, 0.717) is 0 Å². The van der Waals surface area contributed by atoms with Gasteiger partial charge in [0.15, 0.2) is 5.78 Å². The van der Waals surface area contributed by atoms with Crippen molar-refractivity contribution >= 4 is 18.1 Å². The zero-order chi connectivity index (χ0) is 10.8. The van der Waals surface area contributed by atoms with Crippen LogP contribution in [0.4, 0.5) is 0 Å². The number of hydrogen-bond donors (Lipinski definition) is 1. The highest BCUT2D eigenvalue weighted by Crippen LogP contribution is 1.95. The van der Waals surface area contributed by atoms with E-state index in [4.69, 9.17) is 0 Å². The molecule has 1 aromatic rings. The molecule has 1 aromatic heterocycles. The van der Waals surface area contributed by atoms with Gasteiger partial charge in [-0.15, -0.1) is 0 Å². The molecular weight excluding hydrogens is 188 g/mol. The van der Waals surface area contributed by atoms with E-state index in [9.17, 15) is 4.79 Å². The molecule has 0 amide bonds. The Morgan fingerprint density at radius 3 is 3.07 bits per heavy atom. The molecule has 80 valence electrons. The molecule has 0 saturated heterocycles. The van der Waals surface area contributed by atoms with E-state index in [1.165, 1.54) is 0 Å². The summed E-state index contributed by atoms with van der Waals surface area (Å²) < 4.78 is 2.15. The number of aromatic nitrogens is 1. The van der Waals surface area contributed by atoms with Gasteiger partial charge in [-0.3, -0.25) is 4.79 Å². The summed E-state index contributed by atoms with van der Waals surface area (Å²) in [4.78, 5) is 11.5. The molecule has 3 nitrogen and oxygen atoms in total. The molecule has 2 heterocycles. The molecule has 0 unspecified atom stereocenters. The molecule has 0 aliphatic carbocycles. The summed E-state index contributed by atoms with van der Waals surface area (Å²) in [5.74, 6) is 0.146.